The Morgan fingerprint density at radius 1 is 1.29 bits per heavy atom. The van der Waals surface area contributed by atoms with Crippen LogP contribution < -0.4 is 0 Å². The quantitative estimate of drug-likeness (QED) is 0.696. The summed E-state index contributed by atoms with van der Waals surface area (Å²) in [6.45, 7) is 2.25. The van der Waals surface area contributed by atoms with Gasteiger partial charge in [0.2, 0.25) is 0 Å². The van der Waals surface area contributed by atoms with Crippen molar-refractivity contribution in [2.75, 3.05) is 0 Å². The van der Waals surface area contributed by atoms with Crippen molar-refractivity contribution in [3.05, 3.63) is 40.9 Å². The van der Waals surface area contributed by atoms with E-state index in [0.29, 0.717) is 15.0 Å². The van der Waals surface area contributed by atoms with Gasteiger partial charge >= 0.3 is 93.4 Å². The molecule has 0 aliphatic carbocycles. The first-order valence-corrected chi connectivity index (χ1v) is 7.86. The predicted octanol–water partition coefficient (Wildman–Crippen LogP) is 3.97. The van der Waals surface area contributed by atoms with Crippen LogP contribution in [0.3, 0.4) is 0 Å². The second-order valence-corrected chi connectivity index (χ2v) is 4.83. The van der Waals surface area contributed by atoms with E-state index in [1.807, 2.05) is 0 Å². The normalized spacial score (nSPS) is 11.7. The monoisotopic (exact) mass is 254 g/mol. The third-order valence-electron chi connectivity index (χ3n) is 2.20. The van der Waals surface area contributed by atoms with Gasteiger partial charge < -0.3 is 0 Å². The molecule has 1 heteroatoms. The third kappa shape index (κ3) is 3.69. The van der Waals surface area contributed by atoms with Crippen molar-refractivity contribution in [1.82, 2.24) is 0 Å². The Balaban J connectivity index is 2.73. The molecule has 0 amide bonds. The minimum atomic E-state index is 0.638. The van der Waals surface area contributed by atoms with E-state index in [4.69, 9.17) is 0 Å². The van der Waals surface area contributed by atoms with E-state index in [1.54, 1.807) is 0 Å². The Bertz CT molecular complexity index is 275. The molecule has 0 bridgehead atoms. The molecule has 14 heavy (non-hydrogen) atoms. The van der Waals surface area contributed by atoms with Crippen molar-refractivity contribution in [1.29, 1.82) is 0 Å². The van der Waals surface area contributed by atoms with Gasteiger partial charge in [-0.2, -0.15) is 0 Å². The van der Waals surface area contributed by atoms with E-state index in [1.165, 1.54) is 30.4 Å². The van der Waals surface area contributed by atoms with Crippen LogP contribution in [0.1, 0.15) is 31.7 Å². The summed E-state index contributed by atoms with van der Waals surface area (Å²) in [5.41, 5.74) is 2.94. The number of hydrogen-bond acceptors (Lipinski definition) is 0. The van der Waals surface area contributed by atoms with Crippen LogP contribution in [0.25, 0.3) is 5.57 Å². The van der Waals surface area contributed by atoms with Gasteiger partial charge in [-0.25, -0.2) is 0 Å². The second kappa shape index (κ2) is 6.86. The van der Waals surface area contributed by atoms with Crippen LogP contribution in [0.4, 0.5) is 0 Å². The molecule has 1 aromatic rings. The number of benzene rings is 1. The summed E-state index contributed by atoms with van der Waals surface area (Å²) < 4.78 is 0. The van der Waals surface area contributed by atoms with Crippen LogP contribution in [0.15, 0.2) is 35.3 Å². The van der Waals surface area contributed by atoms with Crippen molar-refractivity contribution >= 4 is 20.5 Å². The van der Waals surface area contributed by atoms with Gasteiger partial charge in [-0.05, 0) is 0 Å². The summed E-state index contributed by atoms with van der Waals surface area (Å²) in [6, 6.07) is 10.8. The van der Waals surface area contributed by atoms with E-state index >= 15 is 0 Å². The Labute approximate surface area is 93.6 Å². The summed E-state index contributed by atoms with van der Waals surface area (Å²) >= 11 is 0.638. The molecule has 0 heterocycles. The fourth-order valence-corrected chi connectivity index (χ4v) is 2.56. The van der Waals surface area contributed by atoms with Gasteiger partial charge in [0, 0.05) is 0 Å². The molecule has 1 rings (SSSR count). The molecule has 0 aliphatic heterocycles. The summed E-state index contributed by atoms with van der Waals surface area (Å²) in [6.07, 6.45) is 3.81. The summed E-state index contributed by atoms with van der Waals surface area (Å²) in [7, 11) is 0. The van der Waals surface area contributed by atoms with Crippen LogP contribution in [-0.2, 0) is 0 Å². The molecular weight excluding hydrogens is 235 g/mol. The van der Waals surface area contributed by atoms with Crippen molar-refractivity contribution in [3.8, 4) is 0 Å². The summed E-state index contributed by atoms with van der Waals surface area (Å²) in [5, 5.41) is 0. The van der Waals surface area contributed by atoms with Crippen LogP contribution in [0, 0.1) is 0 Å². The molecule has 1 aromatic carbocycles. The van der Waals surface area contributed by atoms with Crippen molar-refractivity contribution in [2.45, 2.75) is 32.0 Å². The Hall–Kier alpha value is -0.521. The first-order valence-electron chi connectivity index (χ1n) is 5.15. The number of rotatable bonds is 5. The molecule has 0 radical (unpaired) electrons. The molecule has 0 atom stereocenters. The van der Waals surface area contributed by atoms with Gasteiger partial charge in [-0.3, -0.25) is 0 Å². The van der Waals surface area contributed by atoms with Crippen molar-refractivity contribution in [3.63, 3.8) is 0 Å². The maximum atomic E-state index is 2.41. The van der Waals surface area contributed by atoms with Gasteiger partial charge in [0.05, 0.1) is 0 Å². The zero-order valence-electron chi connectivity index (χ0n) is 8.99. The molecule has 0 N–H and O–H groups in total. The van der Waals surface area contributed by atoms with Crippen molar-refractivity contribution < 1.29 is 0 Å². The molecule has 0 spiro atoms. The third-order valence-corrected chi connectivity index (χ3v) is 3.30. The average Bonchev–Trinajstić information content (AvgIpc) is 2.25. The molecule has 0 nitrogen and oxygen atoms in total. The van der Waals surface area contributed by atoms with Crippen LogP contribution in [-0.4, -0.2) is 15.0 Å². The average molecular weight is 253 g/mol. The van der Waals surface area contributed by atoms with Gasteiger partial charge in [-0.1, -0.05) is 0 Å². The molecule has 76 valence electrons. The van der Waals surface area contributed by atoms with E-state index in [0.717, 1.165) is 0 Å². The molecular formula is C13H18Se. The Morgan fingerprint density at radius 2 is 2.00 bits per heavy atom. The Morgan fingerprint density at radius 3 is 2.57 bits per heavy atom. The molecule has 0 saturated heterocycles. The van der Waals surface area contributed by atoms with E-state index in [2.05, 4.69) is 48.1 Å². The van der Waals surface area contributed by atoms with E-state index < -0.39 is 0 Å². The minimum absolute atomic E-state index is 0.638. The summed E-state index contributed by atoms with van der Waals surface area (Å²) in [4.78, 5) is 2.41. The second-order valence-electron chi connectivity index (χ2n) is 3.35. The molecule has 0 fully saturated rings. The van der Waals surface area contributed by atoms with Crippen LogP contribution in [0.2, 0.25) is 5.82 Å². The van der Waals surface area contributed by atoms with Gasteiger partial charge in [0.25, 0.3) is 0 Å². The number of hydrogen-bond donors (Lipinski definition) is 0. The first kappa shape index (κ1) is 11.6. The summed E-state index contributed by atoms with van der Waals surface area (Å²) in [5.74, 6) is 2.27. The topological polar surface area (TPSA) is 0 Å². The zero-order chi connectivity index (χ0) is 10.2. The zero-order valence-corrected chi connectivity index (χ0v) is 10.7. The SMILES string of the molecule is CCCC/C(=C/[Se]C)c1ccccc1. The predicted molar refractivity (Wildman–Crippen MR) is 65.6 cm³/mol. The molecule has 0 unspecified atom stereocenters. The van der Waals surface area contributed by atoms with Crippen LogP contribution in [0.5, 0.6) is 0 Å². The fourth-order valence-electron chi connectivity index (χ4n) is 1.43. The maximum absolute atomic E-state index is 2.41. The first-order chi connectivity index (χ1) is 6.88. The van der Waals surface area contributed by atoms with E-state index in [9.17, 15) is 0 Å². The van der Waals surface area contributed by atoms with Gasteiger partial charge in [0.1, 0.15) is 0 Å². The van der Waals surface area contributed by atoms with E-state index in [-0.39, 0.29) is 0 Å². The number of unbranched alkanes of at least 4 members (excludes halogenated alkanes) is 1. The molecule has 0 aliphatic rings. The van der Waals surface area contributed by atoms with Crippen LogP contribution >= 0.6 is 0 Å². The standard InChI is InChI=1S/C13H18Se/c1-3-4-8-13(11-14-2)12-9-6-5-7-10-12/h5-7,9-11H,3-4,8H2,1-2H3/b13-11-. The Kier molecular flexibility index (Phi) is 5.66. The molecule has 0 saturated carbocycles. The molecule has 0 aromatic heterocycles. The van der Waals surface area contributed by atoms with Crippen molar-refractivity contribution in [2.24, 2.45) is 0 Å². The number of allylic oxidation sites excluding steroid dienone is 1. The van der Waals surface area contributed by atoms with Gasteiger partial charge in [0.15, 0.2) is 0 Å². The van der Waals surface area contributed by atoms with Gasteiger partial charge in [-0.15, -0.1) is 0 Å². The fraction of sp³-hybridized carbons (Fsp3) is 0.385.